The number of fused-ring (bicyclic) bond motifs is 2. The van der Waals surface area contributed by atoms with E-state index in [1.807, 2.05) is 0 Å². The van der Waals surface area contributed by atoms with E-state index in [9.17, 15) is 18.0 Å². The summed E-state index contributed by atoms with van der Waals surface area (Å²) in [6, 6.07) is 8.40. The molecule has 4 rings (SSSR count). The van der Waals surface area contributed by atoms with E-state index in [1.165, 1.54) is 12.4 Å². The van der Waals surface area contributed by atoms with E-state index in [0.29, 0.717) is 11.1 Å². The quantitative estimate of drug-likeness (QED) is 0.721. The van der Waals surface area contributed by atoms with Crippen molar-refractivity contribution in [3.05, 3.63) is 60.7 Å². The number of amides is 1. The first-order chi connectivity index (χ1) is 12.9. The number of aromatic nitrogens is 2. The van der Waals surface area contributed by atoms with Crippen LogP contribution in [0.25, 0.3) is 11.1 Å². The molecule has 0 saturated carbocycles. The van der Waals surface area contributed by atoms with Crippen LogP contribution in [-0.4, -0.2) is 22.2 Å². The summed E-state index contributed by atoms with van der Waals surface area (Å²) in [5.74, 6) is -0.506. The van der Waals surface area contributed by atoms with Gasteiger partial charge in [0, 0.05) is 24.0 Å². The van der Waals surface area contributed by atoms with Crippen LogP contribution < -0.4 is 14.8 Å². The molecule has 0 bridgehead atoms. The second kappa shape index (κ2) is 6.27. The van der Waals surface area contributed by atoms with Gasteiger partial charge in [0.2, 0.25) is 0 Å². The zero-order chi connectivity index (χ0) is 19.0. The normalized spacial score (nSPS) is 12.9. The molecule has 2 heterocycles. The molecular formula is C18H10F3N3O3. The minimum absolute atomic E-state index is 0.0718. The molecule has 3 aromatic rings. The van der Waals surface area contributed by atoms with Crippen molar-refractivity contribution >= 4 is 11.6 Å². The average molecular weight is 373 g/mol. The van der Waals surface area contributed by atoms with Crippen molar-refractivity contribution in [2.24, 2.45) is 0 Å². The Morgan fingerprint density at radius 3 is 2.44 bits per heavy atom. The van der Waals surface area contributed by atoms with E-state index in [-0.39, 0.29) is 22.7 Å². The lowest BCUT2D eigenvalue weighted by Gasteiger charge is -2.12. The van der Waals surface area contributed by atoms with E-state index in [1.54, 1.807) is 30.6 Å². The predicted octanol–water partition coefficient (Wildman–Crippen LogP) is 4.40. The number of nitrogens with zero attached hydrogens (tertiary/aromatic N) is 2. The van der Waals surface area contributed by atoms with Crippen molar-refractivity contribution < 1.29 is 27.4 Å². The third-order valence-electron chi connectivity index (χ3n) is 3.77. The van der Waals surface area contributed by atoms with E-state index < -0.39 is 18.0 Å². The molecule has 0 atom stereocenters. The largest absolute Gasteiger partial charge is 0.573 e. The van der Waals surface area contributed by atoms with Gasteiger partial charge in [-0.05, 0) is 29.8 Å². The lowest BCUT2D eigenvalue weighted by molar-refractivity contribution is -0.274. The van der Waals surface area contributed by atoms with E-state index in [4.69, 9.17) is 4.74 Å². The first kappa shape index (κ1) is 16.8. The first-order valence-electron chi connectivity index (χ1n) is 7.67. The average Bonchev–Trinajstić information content (AvgIpc) is 2.76. The number of hydrogen-bond acceptors (Lipinski definition) is 5. The Morgan fingerprint density at radius 2 is 1.70 bits per heavy atom. The fourth-order valence-electron chi connectivity index (χ4n) is 2.63. The molecule has 6 nitrogen and oxygen atoms in total. The number of ether oxygens (including phenoxy) is 2. The van der Waals surface area contributed by atoms with E-state index in [0.717, 1.165) is 12.1 Å². The van der Waals surface area contributed by atoms with Gasteiger partial charge in [-0.2, -0.15) is 0 Å². The van der Waals surface area contributed by atoms with Crippen LogP contribution in [0.2, 0.25) is 0 Å². The molecule has 0 unspecified atom stereocenters. The molecule has 1 N–H and O–H groups in total. The molecule has 2 aromatic carbocycles. The summed E-state index contributed by atoms with van der Waals surface area (Å²) >= 11 is 0. The van der Waals surface area contributed by atoms with Crippen LogP contribution in [0.5, 0.6) is 17.2 Å². The summed E-state index contributed by atoms with van der Waals surface area (Å²) in [7, 11) is 0. The van der Waals surface area contributed by atoms with Crippen molar-refractivity contribution in [1.29, 1.82) is 0 Å². The summed E-state index contributed by atoms with van der Waals surface area (Å²) in [6.07, 6.45) is -0.251. The summed E-state index contributed by atoms with van der Waals surface area (Å²) in [4.78, 5) is 20.4. The molecule has 0 aliphatic carbocycles. The Morgan fingerprint density at radius 1 is 0.963 bits per heavy atom. The molecule has 0 fully saturated rings. The summed E-state index contributed by atoms with van der Waals surface area (Å²) in [6.45, 7) is 0. The maximum atomic E-state index is 12.6. The first-order valence-corrected chi connectivity index (χ1v) is 7.67. The summed E-state index contributed by atoms with van der Waals surface area (Å²) < 4.78 is 46.8. The lowest BCUT2D eigenvalue weighted by atomic mass is 10.0. The van der Waals surface area contributed by atoms with Gasteiger partial charge in [0.1, 0.15) is 17.8 Å². The fourth-order valence-corrected chi connectivity index (χ4v) is 2.63. The van der Waals surface area contributed by atoms with Crippen molar-refractivity contribution in [3.63, 3.8) is 0 Å². The van der Waals surface area contributed by atoms with Crippen molar-refractivity contribution in [3.8, 4) is 28.4 Å². The molecular weight excluding hydrogens is 363 g/mol. The second-order valence-electron chi connectivity index (χ2n) is 5.60. The molecule has 0 spiro atoms. The highest BCUT2D eigenvalue weighted by Gasteiger charge is 2.32. The Hall–Kier alpha value is -3.62. The van der Waals surface area contributed by atoms with Crippen molar-refractivity contribution in [1.82, 2.24) is 9.97 Å². The highest BCUT2D eigenvalue weighted by Crippen LogP contribution is 2.39. The van der Waals surface area contributed by atoms with E-state index in [2.05, 4.69) is 20.0 Å². The summed E-state index contributed by atoms with van der Waals surface area (Å²) in [5.41, 5.74) is 1.70. The zero-order valence-electron chi connectivity index (χ0n) is 13.4. The molecule has 0 saturated heterocycles. The van der Waals surface area contributed by atoms with Gasteiger partial charge >= 0.3 is 6.36 Å². The minimum atomic E-state index is -4.83. The van der Waals surface area contributed by atoms with Gasteiger partial charge in [-0.25, -0.2) is 9.97 Å². The Balaban J connectivity index is 1.70. The van der Waals surface area contributed by atoms with E-state index >= 15 is 0 Å². The minimum Gasteiger partial charge on any atom is -0.454 e. The lowest BCUT2D eigenvalue weighted by Crippen LogP contribution is -2.17. The Bertz CT molecular complexity index is 1020. The summed E-state index contributed by atoms with van der Waals surface area (Å²) in [5, 5.41) is 2.54. The third-order valence-corrected chi connectivity index (χ3v) is 3.77. The van der Waals surface area contributed by atoms with Crippen LogP contribution in [0.15, 0.2) is 55.1 Å². The number of anilines is 1. The standard InChI is InChI=1S/C18H10F3N3O3/c19-18(20,21)27-12-2-4-16-14(6-12)24-17(25)13-5-10(1-3-15(13)26-16)11-7-22-9-23-8-11/h1-9H,(H,24,25). The molecule has 27 heavy (non-hydrogen) atoms. The molecule has 0 radical (unpaired) electrons. The molecule has 9 heteroatoms. The number of carbonyl (C=O) groups excluding carboxylic acids is 1. The van der Waals surface area contributed by atoms with Gasteiger partial charge in [-0.15, -0.1) is 13.2 Å². The SMILES string of the molecule is O=C1Nc2cc(OC(F)(F)F)ccc2Oc2ccc(-c3cncnc3)cc21. The third kappa shape index (κ3) is 3.52. The molecule has 1 amide bonds. The topological polar surface area (TPSA) is 73.3 Å². The van der Waals surface area contributed by atoms with Crippen LogP contribution in [0.4, 0.5) is 18.9 Å². The number of carbonyl (C=O) groups is 1. The molecule has 1 aliphatic heterocycles. The van der Waals surface area contributed by atoms with Gasteiger partial charge in [0.05, 0.1) is 11.3 Å². The van der Waals surface area contributed by atoms with Crippen molar-refractivity contribution in [2.45, 2.75) is 6.36 Å². The smallest absolute Gasteiger partial charge is 0.454 e. The van der Waals surface area contributed by atoms with Gasteiger partial charge in [-0.3, -0.25) is 4.79 Å². The molecule has 1 aromatic heterocycles. The second-order valence-corrected chi connectivity index (χ2v) is 5.60. The predicted molar refractivity (Wildman–Crippen MR) is 88.6 cm³/mol. The Kier molecular flexibility index (Phi) is 3.91. The van der Waals surface area contributed by atoms with Crippen LogP contribution >= 0.6 is 0 Å². The highest BCUT2D eigenvalue weighted by atomic mass is 19.4. The highest BCUT2D eigenvalue weighted by molar-refractivity contribution is 6.08. The zero-order valence-corrected chi connectivity index (χ0v) is 13.4. The van der Waals surface area contributed by atoms with Crippen molar-refractivity contribution in [2.75, 3.05) is 5.32 Å². The van der Waals surface area contributed by atoms with Gasteiger partial charge in [-0.1, -0.05) is 6.07 Å². The maximum Gasteiger partial charge on any atom is 0.573 e. The number of halogens is 3. The molecule has 1 aliphatic rings. The van der Waals surface area contributed by atoms with Gasteiger partial charge in [0.15, 0.2) is 5.75 Å². The van der Waals surface area contributed by atoms with Crippen LogP contribution in [-0.2, 0) is 0 Å². The van der Waals surface area contributed by atoms with Gasteiger partial charge < -0.3 is 14.8 Å². The van der Waals surface area contributed by atoms with Crippen LogP contribution in [0, 0.1) is 0 Å². The number of nitrogens with one attached hydrogen (secondary N) is 1. The fraction of sp³-hybridized carbons (Fsp3) is 0.0556. The number of rotatable bonds is 2. The van der Waals surface area contributed by atoms with Gasteiger partial charge in [0.25, 0.3) is 5.91 Å². The number of alkyl halides is 3. The maximum absolute atomic E-state index is 12.6. The number of benzene rings is 2. The molecule has 136 valence electrons. The monoisotopic (exact) mass is 373 g/mol. The number of hydrogen-bond donors (Lipinski definition) is 1. The Labute approximate surface area is 150 Å². The van der Waals surface area contributed by atoms with Crippen LogP contribution in [0.1, 0.15) is 10.4 Å². The van der Waals surface area contributed by atoms with Crippen LogP contribution in [0.3, 0.4) is 0 Å².